The fraction of sp³-hybridized carbons (Fsp3) is 0.710. The number of halogens is 3. The van der Waals surface area contributed by atoms with Crippen LogP contribution >= 0.6 is 24.8 Å². The molecule has 2 amide bonds. The summed E-state index contributed by atoms with van der Waals surface area (Å²) in [5.74, 6) is 1.14. The molecule has 3 fully saturated rings. The summed E-state index contributed by atoms with van der Waals surface area (Å²) in [6, 6.07) is 3.12. The predicted molar refractivity (Wildman–Crippen MR) is 170 cm³/mol. The minimum atomic E-state index is -1.06. The van der Waals surface area contributed by atoms with Crippen LogP contribution in [-0.2, 0) is 21.4 Å². The second-order valence-corrected chi connectivity index (χ2v) is 13.6. The number of amides is 2. The van der Waals surface area contributed by atoms with Gasteiger partial charge in [0.05, 0.1) is 31.6 Å². The number of unbranched alkanes of at least 4 members (excludes halogenated alkanes) is 1. The van der Waals surface area contributed by atoms with Gasteiger partial charge in [0.15, 0.2) is 23.4 Å². The van der Waals surface area contributed by atoms with Gasteiger partial charge in [-0.1, -0.05) is 12.5 Å². The molecule has 6 atom stereocenters. The number of ketones is 1. The third kappa shape index (κ3) is 6.26. The lowest BCUT2D eigenvalue weighted by Crippen LogP contribution is -3.00. The summed E-state index contributed by atoms with van der Waals surface area (Å²) in [6.07, 6.45) is 5.38. The fourth-order valence-corrected chi connectivity index (χ4v) is 8.39. The number of quaternary nitrogens is 1. The normalized spacial score (nSPS) is 30.7. The number of Topliss-reactive ketones (excluding diaryl/α,β-unsaturated/α-hetero) is 1. The number of ether oxygens (including phenoxy) is 2. The summed E-state index contributed by atoms with van der Waals surface area (Å²) in [7, 11) is 3.88. The summed E-state index contributed by atoms with van der Waals surface area (Å²) < 4.78 is 13.1. The van der Waals surface area contributed by atoms with Crippen molar-refractivity contribution in [1.82, 2.24) is 10.2 Å². The van der Waals surface area contributed by atoms with Crippen LogP contribution < -0.4 is 38.7 Å². The molecule has 6 rings (SSSR count). The third-order valence-corrected chi connectivity index (χ3v) is 10.8. The molecule has 2 heterocycles. The number of carbonyl (C=O) groups excluding carboxylic acids is 3. The average molecular weight is 693 g/mol. The first-order chi connectivity index (χ1) is 20.0. The van der Waals surface area contributed by atoms with Crippen LogP contribution in [0.25, 0.3) is 0 Å². The van der Waals surface area contributed by atoms with E-state index < -0.39 is 29.3 Å². The molecule has 1 unspecified atom stereocenters. The monoisotopic (exact) mass is 691 g/mol. The number of aliphatic hydroxyl groups is 1. The Morgan fingerprint density at radius 1 is 1.24 bits per heavy atom. The van der Waals surface area contributed by atoms with E-state index in [0.717, 1.165) is 47.5 Å². The van der Waals surface area contributed by atoms with Gasteiger partial charge in [0.1, 0.15) is 11.6 Å². The number of likely N-dealkylation sites (N-methyl/N-ethyl adjacent to an activating group) is 2. The molecule has 2 saturated carbocycles. The van der Waals surface area contributed by atoms with Gasteiger partial charge in [-0.2, -0.15) is 0 Å². The first-order valence-electron chi connectivity index (χ1n) is 15.6. The highest BCUT2D eigenvalue weighted by Crippen LogP contribution is 2.66. The Labute approximate surface area is 283 Å². The Balaban J connectivity index is 0.00000184. The van der Waals surface area contributed by atoms with Gasteiger partial charge in [-0.05, 0) is 50.3 Å². The molecule has 0 radical (unpaired) electrons. The Bertz CT molecular complexity index is 1290. The number of nitrogens with two attached hydrogens (primary N) is 2. The van der Waals surface area contributed by atoms with Crippen molar-refractivity contribution >= 4 is 42.6 Å². The Morgan fingerprint density at radius 2 is 1.98 bits per heavy atom. The van der Waals surface area contributed by atoms with Gasteiger partial charge in [-0.25, -0.2) is 4.79 Å². The molecule has 1 aromatic carbocycles. The lowest BCUT2D eigenvalue weighted by Gasteiger charge is -2.64. The minimum absolute atomic E-state index is 0. The quantitative estimate of drug-likeness (QED) is 0.167. The number of hydrogen-bond donors (Lipinski definition) is 4. The van der Waals surface area contributed by atoms with Gasteiger partial charge < -0.3 is 53.2 Å². The number of likely N-dealkylation sites (tertiary alicyclic amines) is 1. The number of benzene rings is 1. The number of nitrogens with zero attached hydrogens (tertiary/aromatic N) is 2. The lowest BCUT2D eigenvalue weighted by molar-refractivity contribution is -0.950. The van der Waals surface area contributed by atoms with E-state index in [0.29, 0.717) is 38.0 Å². The van der Waals surface area contributed by atoms with Crippen LogP contribution in [0.15, 0.2) is 12.1 Å². The molecule has 0 aromatic heterocycles. The zero-order valence-electron chi connectivity index (χ0n) is 26.1. The molecular weight excluding hydrogens is 645 g/mol. The van der Waals surface area contributed by atoms with Crippen molar-refractivity contribution in [2.24, 2.45) is 17.4 Å². The van der Waals surface area contributed by atoms with E-state index in [-0.39, 0.29) is 80.2 Å². The van der Waals surface area contributed by atoms with Crippen LogP contribution in [0, 0.1) is 5.92 Å². The summed E-state index contributed by atoms with van der Waals surface area (Å²) >= 11 is 0. The van der Waals surface area contributed by atoms with Gasteiger partial charge in [0.2, 0.25) is 5.91 Å². The molecule has 14 heteroatoms. The molecule has 3 aliphatic carbocycles. The van der Waals surface area contributed by atoms with E-state index in [2.05, 4.69) is 12.4 Å². The van der Waals surface area contributed by atoms with E-state index in [9.17, 15) is 19.5 Å². The molecule has 2 bridgehead atoms. The van der Waals surface area contributed by atoms with E-state index in [1.807, 2.05) is 6.07 Å². The smallest absolute Gasteiger partial charge is 0.415 e. The molecule has 1 aromatic rings. The number of nitrogens with one attached hydrogen (secondary N) is 1. The van der Waals surface area contributed by atoms with Crippen molar-refractivity contribution < 1.29 is 45.9 Å². The molecule has 11 nitrogen and oxygen atoms in total. The number of rotatable bonds is 11. The van der Waals surface area contributed by atoms with Crippen molar-refractivity contribution in [2.45, 2.75) is 87.0 Å². The molecule has 6 N–H and O–H groups in total. The molecule has 2 aliphatic heterocycles. The zero-order chi connectivity index (χ0) is 29.9. The lowest BCUT2D eigenvalue weighted by atomic mass is 9.48. The van der Waals surface area contributed by atoms with Gasteiger partial charge in [0, 0.05) is 50.9 Å². The van der Waals surface area contributed by atoms with Crippen molar-refractivity contribution in [1.29, 1.82) is 0 Å². The van der Waals surface area contributed by atoms with E-state index >= 15 is 0 Å². The van der Waals surface area contributed by atoms with Gasteiger partial charge in [0.25, 0.3) is 0 Å². The third-order valence-electron chi connectivity index (χ3n) is 10.8. The molecular formula is C31H48Cl3N5O6. The summed E-state index contributed by atoms with van der Waals surface area (Å²) in [5, 5.41) is 15.4. The molecule has 5 aliphatic rings. The molecule has 1 saturated heterocycles. The number of hydrogen-bond acceptors (Lipinski definition) is 8. The van der Waals surface area contributed by atoms with Crippen LogP contribution in [0.3, 0.4) is 0 Å². The van der Waals surface area contributed by atoms with E-state index in [1.165, 1.54) is 17.7 Å². The van der Waals surface area contributed by atoms with Gasteiger partial charge >= 0.3 is 6.09 Å². The van der Waals surface area contributed by atoms with Crippen molar-refractivity contribution in [3.8, 4) is 11.5 Å². The average Bonchev–Trinajstić information content (AvgIpc) is 3.69. The summed E-state index contributed by atoms with van der Waals surface area (Å²) in [6.45, 7) is 2.97. The van der Waals surface area contributed by atoms with Crippen LogP contribution in [-0.4, -0.2) is 103 Å². The first-order valence-corrected chi connectivity index (χ1v) is 15.6. The Morgan fingerprint density at radius 3 is 2.67 bits per heavy atom. The van der Waals surface area contributed by atoms with Gasteiger partial charge in [-0.3, -0.25) is 9.59 Å². The Kier molecular flexibility index (Phi) is 11.8. The summed E-state index contributed by atoms with van der Waals surface area (Å²) in [4.78, 5) is 40.1. The zero-order valence-corrected chi connectivity index (χ0v) is 28.5. The number of carbonyl (C=O) groups is 3. The highest BCUT2D eigenvalue weighted by Gasteiger charge is 2.76. The van der Waals surface area contributed by atoms with Crippen molar-refractivity contribution in [3.63, 3.8) is 0 Å². The maximum absolute atomic E-state index is 13.3. The van der Waals surface area contributed by atoms with Crippen LogP contribution in [0.4, 0.5) is 4.79 Å². The first kappa shape index (κ1) is 37.6. The predicted octanol–water partition coefficient (Wildman–Crippen LogP) is -1.18. The molecule has 254 valence electrons. The second kappa shape index (κ2) is 14.1. The van der Waals surface area contributed by atoms with Crippen LogP contribution in [0.5, 0.6) is 11.5 Å². The maximum Gasteiger partial charge on any atom is 0.415 e. The van der Waals surface area contributed by atoms with E-state index in [4.69, 9.17) is 20.9 Å². The maximum atomic E-state index is 13.3. The van der Waals surface area contributed by atoms with Crippen molar-refractivity contribution in [3.05, 3.63) is 23.3 Å². The summed E-state index contributed by atoms with van der Waals surface area (Å²) in [5.41, 5.74) is 11.5. The van der Waals surface area contributed by atoms with E-state index in [1.54, 1.807) is 13.1 Å². The largest absolute Gasteiger partial charge is 1.00 e. The van der Waals surface area contributed by atoms with Crippen LogP contribution in [0.2, 0.25) is 0 Å². The molecule has 45 heavy (non-hydrogen) atoms. The SMILES string of the molecule is CN(CCNC(=O)C(N)CCCCN)C(=O)Oc1ccc2c3c1O[C@H]1C(=O)CC[C@@]4(O)[C@@H](C2)[N@@+](C)(CC2CC2)CC[C@]314.Cl.Cl.[Cl-]. The van der Waals surface area contributed by atoms with Gasteiger partial charge in [-0.15, -0.1) is 24.8 Å². The highest BCUT2D eigenvalue weighted by molar-refractivity contribution is 5.90. The van der Waals surface area contributed by atoms with Crippen LogP contribution in [0.1, 0.15) is 62.5 Å². The standard InChI is InChI=1S/C31H45N5O6.3ClH/c1-35(15-14-34-28(38)21(33)5-3-4-13-32)29(39)41-23-9-8-20-17-24-31(40)11-10-22(37)27-30(31,25(20)26(23)42-27)12-16-36(24,2)18-19-6-7-19;;;/h8-9,19,21,24,27,40H,3-7,10-18,32-33H2,1-2H3;3*1H/t21?,24-,27+,30+,31-,36-;;;/m1.../s1. The minimum Gasteiger partial charge on any atom is -1.00 e. The Hall–Kier alpha value is -1.86. The highest BCUT2D eigenvalue weighted by atomic mass is 35.5. The fourth-order valence-electron chi connectivity index (χ4n) is 8.39. The molecule has 1 spiro atoms. The number of piperidine rings is 1. The topological polar surface area (TPSA) is 157 Å². The second-order valence-electron chi connectivity index (χ2n) is 13.6. The van der Waals surface area contributed by atoms with Crippen molar-refractivity contribution in [2.75, 3.05) is 46.8 Å².